The lowest BCUT2D eigenvalue weighted by molar-refractivity contribution is -0.123. The third kappa shape index (κ3) is 4.30. The predicted octanol–water partition coefficient (Wildman–Crippen LogP) is 0.672. The van der Waals surface area contributed by atoms with Gasteiger partial charge in [-0.2, -0.15) is 5.10 Å². The molecule has 24 heavy (non-hydrogen) atoms. The monoisotopic (exact) mass is 331 g/mol. The van der Waals surface area contributed by atoms with Crippen molar-refractivity contribution in [3.8, 4) is 5.75 Å². The Morgan fingerprint density at radius 2 is 2.46 bits per heavy atom. The van der Waals surface area contributed by atoms with E-state index in [9.17, 15) is 4.79 Å². The molecule has 2 atom stereocenters. The topological polar surface area (TPSA) is 90.3 Å². The standard InChI is InChI=1S/C16H21N5O3/c1-12-15(18-5-7-23-12)16(22)20-13-3-2-4-14(9-13)24-8-6-21-11-17-10-19-21/h2-4,9-12,15,18H,5-8H2,1H3,(H,20,22)/t12-,15+/m1/s1. The van der Waals surface area contributed by atoms with E-state index in [4.69, 9.17) is 9.47 Å². The summed E-state index contributed by atoms with van der Waals surface area (Å²) in [5.74, 6) is 0.579. The maximum absolute atomic E-state index is 12.3. The first-order chi connectivity index (χ1) is 11.7. The molecule has 2 heterocycles. The molecular weight excluding hydrogens is 310 g/mol. The minimum absolute atomic E-state index is 0.109. The quantitative estimate of drug-likeness (QED) is 0.809. The number of benzene rings is 1. The Morgan fingerprint density at radius 1 is 1.54 bits per heavy atom. The summed E-state index contributed by atoms with van der Waals surface area (Å²) in [6, 6.07) is 6.97. The van der Waals surface area contributed by atoms with Gasteiger partial charge < -0.3 is 20.1 Å². The lowest BCUT2D eigenvalue weighted by Crippen LogP contribution is -2.53. The van der Waals surface area contributed by atoms with E-state index >= 15 is 0 Å². The molecule has 128 valence electrons. The van der Waals surface area contributed by atoms with Crippen LogP contribution in [0.3, 0.4) is 0 Å². The maximum Gasteiger partial charge on any atom is 0.244 e. The summed E-state index contributed by atoms with van der Waals surface area (Å²) in [5.41, 5.74) is 0.692. The van der Waals surface area contributed by atoms with Gasteiger partial charge in [0.25, 0.3) is 0 Å². The van der Waals surface area contributed by atoms with E-state index < -0.39 is 0 Å². The fourth-order valence-electron chi connectivity index (χ4n) is 2.52. The second-order valence-electron chi connectivity index (χ2n) is 5.53. The summed E-state index contributed by atoms with van der Waals surface area (Å²) >= 11 is 0. The van der Waals surface area contributed by atoms with E-state index in [1.165, 1.54) is 6.33 Å². The largest absolute Gasteiger partial charge is 0.492 e. The molecule has 1 amide bonds. The molecule has 1 saturated heterocycles. The summed E-state index contributed by atoms with van der Waals surface area (Å²) in [4.78, 5) is 16.2. The zero-order valence-corrected chi connectivity index (χ0v) is 13.5. The lowest BCUT2D eigenvalue weighted by atomic mass is 10.1. The first-order valence-corrected chi connectivity index (χ1v) is 7.93. The molecule has 8 nitrogen and oxygen atoms in total. The van der Waals surface area contributed by atoms with Gasteiger partial charge in [0.15, 0.2) is 0 Å². The van der Waals surface area contributed by atoms with E-state index in [1.54, 1.807) is 17.1 Å². The van der Waals surface area contributed by atoms with Crippen molar-refractivity contribution < 1.29 is 14.3 Å². The van der Waals surface area contributed by atoms with Gasteiger partial charge in [0.05, 0.1) is 19.3 Å². The van der Waals surface area contributed by atoms with Gasteiger partial charge in [-0.15, -0.1) is 0 Å². The van der Waals surface area contributed by atoms with Gasteiger partial charge in [-0.3, -0.25) is 4.79 Å². The summed E-state index contributed by atoms with van der Waals surface area (Å²) < 4.78 is 12.9. The van der Waals surface area contributed by atoms with Crippen molar-refractivity contribution in [2.45, 2.75) is 25.6 Å². The summed E-state index contributed by atoms with van der Waals surface area (Å²) in [6.45, 7) is 4.27. The average Bonchev–Trinajstić information content (AvgIpc) is 3.09. The predicted molar refractivity (Wildman–Crippen MR) is 87.8 cm³/mol. The van der Waals surface area contributed by atoms with E-state index in [0.29, 0.717) is 37.7 Å². The number of hydrogen-bond donors (Lipinski definition) is 2. The normalized spacial score (nSPS) is 20.5. The number of carbonyl (C=O) groups excluding carboxylic acids is 1. The van der Waals surface area contributed by atoms with Crippen molar-refractivity contribution in [2.75, 3.05) is 25.1 Å². The van der Waals surface area contributed by atoms with E-state index in [0.717, 1.165) is 0 Å². The molecule has 3 rings (SSSR count). The number of aromatic nitrogens is 3. The first kappa shape index (κ1) is 16.4. The van der Waals surface area contributed by atoms with Crippen molar-refractivity contribution >= 4 is 11.6 Å². The Balaban J connectivity index is 1.53. The SMILES string of the molecule is C[C@H]1OCCN[C@@H]1C(=O)Nc1cccc(OCCn2cncn2)c1. The van der Waals surface area contributed by atoms with Crippen molar-refractivity contribution in [2.24, 2.45) is 0 Å². The van der Waals surface area contributed by atoms with E-state index in [-0.39, 0.29) is 18.1 Å². The number of morpholine rings is 1. The minimum Gasteiger partial charge on any atom is -0.492 e. The van der Waals surface area contributed by atoms with Crippen LogP contribution >= 0.6 is 0 Å². The summed E-state index contributed by atoms with van der Waals surface area (Å²) in [7, 11) is 0. The van der Waals surface area contributed by atoms with Gasteiger partial charge in [-0.05, 0) is 19.1 Å². The number of hydrogen-bond acceptors (Lipinski definition) is 6. The van der Waals surface area contributed by atoms with Crippen molar-refractivity contribution in [3.63, 3.8) is 0 Å². The molecule has 2 N–H and O–H groups in total. The van der Waals surface area contributed by atoms with Crippen molar-refractivity contribution in [1.29, 1.82) is 0 Å². The number of ether oxygens (including phenoxy) is 2. The molecular formula is C16H21N5O3. The molecule has 1 aliphatic rings. The fraction of sp³-hybridized carbons (Fsp3) is 0.438. The molecule has 0 radical (unpaired) electrons. The fourth-order valence-corrected chi connectivity index (χ4v) is 2.52. The molecule has 0 spiro atoms. The Hall–Kier alpha value is -2.45. The van der Waals surface area contributed by atoms with Crippen LogP contribution in [0.5, 0.6) is 5.75 Å². The third-order valence-electron chi connectivity index (χ3n) is 3.76. The molecule has 1 aromatic heterocycles. The third-order valence-corrected chi connectivity index (χ3v) is 3.76. The molecule has 0 unspecified atom stereocenters. The highest BCUT2D eigenvalue weighted by molar-refractivity contribution is 5.95. The van der Waals surface area contributed by atoms with Crippen LogP contribution in [-0.4, -0.2) is 52.6 Å². The highest BCUT2D eigenvalue weighted by Crippen LogP contribution is 2.18. The van der Waals surface area contributed by atoms with Crippen LogP contribution in [-0.2, 0) is 16.1 Å². The van der Waals surface area contributed by atoms with Crippen LogP contribution in [0.4, 0.5) is 5.69 Å². The zero-order chi connectivity index (χ0) is 16.8. The smallest absolute Gasteiger partial charge is 0.244 e. The molecule has 2 aromatic rings. The van der Waals surface area contributed by atoms with Gasteiger partial charge in [0.2, 0.25) is 5.91 Å². The Morgan fingerprint density at radius 3 is 3.25 bits per heavy atom. The highest BCUT2D eigenvalue weighted by Gasteiger charge is 2.28. The first-order valence-electron chi connectivity index (χ1n) is 7.93. The number of rotatable bonds is 6. The molecule has 8 heteroatoms. The van der Waals surface area contributed by atoms with Crippen molar-refractivity contribution in [3.05, 3.63) is 36.9 Å². The average molecular weight is 331 g/mol. The van der Waals surface area contributed by atoms with E-state index in [2.05, 4.69) is 20.7 Å². The second-order valence-corrected chi connectivity index (χ2v) is 5.53. The molecule has 0 saturated carbocycles. The van der Waals surface area contributed by atoms with Crippen LogP contribution in [0.25, 0.3) is 0 Å². The number of carbonyl (C=O) groups is 1. The zero-order valence-electron chi connectivity index (χ0n) is 13.5. The number of nitrogens with zero attached hydrogens (tertiary/aromatic N) is 3. The molecule has 1 fully saturated rings. The van der Waals surface area contributed by atoms with Gasteiger partial charge >= 0.3 is 0 Å². The summed E-state index contributed by atoms with van der Waals surface area (Å²) in [5, 5.41) is 10.1. The van der Waals surface area contributed by atoms with Crippen LogP contribution in [0, 0.1) is 0 Å². The van der Waals surface area contributed by atoms with Crippen LogP contribution in [0.15, 0.2) is 36.9 Å². The van der Waals surface area contributed by atoms with Gasteiger partial charge in [0, 0.05) is 18.3 Å². The molecule has 0 bridgehead atoms. The lowest BCUT2D eigenvalue weighted by Gasteiger charge is -2.29. The van der Waals surface area contributed by atoms with Crippen molar-refractivity contribution in [1.82, 2.24) is 20.1 Å². The van der Waals surface area contributed by atoms with Crippen LogP contribution in [0.1, 0.15) is 6.92 Å². The number of anilines is 1. The Bertz CT molecular complexity index is 661. The number of amides is 1. The van der Waals surface area contributed by atoms with Gasteiger partial charge in [0.1, 0.15) is 31.1 Å². The van der Waals surface area contributed by atoms with Crippen LogP contribution in [0.2, 0.25) is 0 Å². The Kier molecular flexibility index (Phi) is 5.39. The minimum atomic E-state index is -0.351. The van der Waals surface area contributed by atoms with Crippen LogP contribution < -0.4 is 15.4 Å². The highest BCUT2D eigenvalue weighted by atomic mass is 16.5. The number of nitrogens with one attached hydrogen (secondary N) is 2. The van der Waals surface area contributed by atoms with Gasteiger partial charge in [-0.25, -0.2) is 9.67 Å². The Labute approximate surface area is 140 Å². The molecule has 0 aliphatic carbocycles. The molecule has 1 aliphatic heterocycles. The second kappa shape index (κ2) is 7.89. The summed E-state index contributed by atoms with van der Waals surface area (Å²) in [6.07, 6.45) is 2.97. The maximum atomic E-state index is 12.3. The molecule has 1 aromatic carbocycles. The van der Waals surface area contributed by atoms with Gasteiger partial charge in [-0.1, -0.05) is 6.07 Å². The van der Waals surface area contributed by atoms with E-state index in [1.807, 2.05) is 25.1 Å².